The van der Waals surface area contributed by atoms with E-state index < -0.39 is 5.97 Å². The van der Waals surface area contributed by atoms with Gasteiger partial charge in [0.1, 0.15) is 17.3 Å². The van der Waals surface area contributed by atoms with Gasteiger partial charge in [-0.15, -0.1) is 0 Å². The van der Waals surface area contributed by atoms with E-state index in [2.05, 4.69) is 4.98 Å². The van der Waals surface area contributed by atoms with E-state index in [1.165, 1.54) is 18.2 Å². The molecule has 1 N–H and O–H groups in total. The molecule has 0 saturated heterocycles. The summed E-state index contributed by atoms with van der Waals surface area (Å²) in [6, 6.07) is 14.5. The van der Waals surface area contributed by atoms with Gasteiger partial charge in [-0.05, 0) is 48.9 Å². The number of aromatic nitrogens is 1. The average Bonchev–Trinajstić information content (AvgIpc) is 2.69. The summed E-state index contributed by atoms with van der Waals surface area (Å²) < 4.78 is 24.1. The largest absolute Gasteiger partial charge is 0.497 e. The maximum atomic E-state index is 13.2. The first kappa shape index (κ1) is 19.4. The molecule has 0 atom stereocenters. The van der Waals surface area contributed by atoms with Crippen molar-refractivity contribution in [1.29, 1.82) is 0 Å². The molecule has 0 amide bonds. The number of methoxy groups -OCH3 is 1. The molecule has 5 nitrogen and oxygen atoms in total. The third kappa shape index (κ3) is 4.28. The lowest BCUT2D eigenvalue weighted by molar-refractivity contribution is 0.0695. The summed E-state index contributed by atoms with van der Waals surface area (Å²) in [4.78, 5) is 16.2. The predicted molar refractivity (Wildman–Crippen MR) is 104 cm³/mol. The zero-order valence-corrected chi connectivity index (χ0v) is 15.6. The Bertz CT molecular complexity index is 986. The van der Waals surface area contributed by atoms with Crippen LogP contribution in [0, 0.1) is 5.82 Å². The Morgan fingerprint density at radius 2 is 1.86 bits per heavy atom. The van der Waals surface area contributed by atoms with Gasteiger partial charge in [0.2, 0.25) is 0 Å². The van der Waals surface area contributed by atoms with Crippen molar-refractivity contribution in [2.24, 2.45) is 0 Å². The Morgan fingerprint density at radius 1 is 1.11 bits per heavy atom. The summed E-state index contributed by atoms with van der Waals surface area (Å²) in [6.07, 6.45) is 0.274. The second-order valence-electron chi connectivity index (χ2n) is 6.09. The fourth-order valence-electron chi connectivity index (χ4n) is 2.89. The van der Waals surface area contributed by atoms with Gasteiger partial charge in [0.25, 0.3) is 0 Å². The zero-order valence-electron chi connectivity index (χ0n) is 15.6. The van der Waals surface area contributed by atoms with E-state index in [0.29, 0.717) is 29.5 Å². The molecule has 2 aromatic carbocycles. The number of halogens is 1. The minimum Gasteiger partial charge on any atom is -0.497 e. The lowest BCUT2D eigenvalue weighted by Crippen LogP contribution is -2.07. The molecule has 0 radical (unpaired) electrons. The number of rotatable bonds is 7. The monoisotopic (exact) mass is 381 g/mol. The number of hydrogen-bond acceptors (Lipinski definition) is 4. The number of ether oxygens (including phenoxy) is 2. The van der Waals surface area contributed by atoms with Crippen molar-refractivity contribution in [3.63, 3.8) is 0 Å². The van der Waals surface area contributed by atoms with Crippen molar-refractivity contribution in [1.82, 2.24) is 4.98 Å². The molecular formula is C22H20FNO4. The number of carbonyl (C=O) groups is 1. The number of nitrogens with zero attached hydrogens (tertiary/aromatic N) is 1. The second-order valence-corrected chi connectivity index (χ2v) is 6.09. The molecule has 6 heteroatoms. The average molecular weight is 381 g/mol. The van der Waals surface area contributed by atoms with Gasteiger partial charge in [-0.25, -0.2) is 9.18 Å². The normalized spacial score (nSPS) is 10.5. The van der Waals surface area contributed by atoms with E-state index in [1.807, 2.05) is 13.0 Å². The molecule has 1 aromatic heterocycles. The van der Waals surface area contributed by atoms with Gasteiger partial charge in [0, 0.05) is 18.1 Å². The molecule has 0 aliphatic rings. The van der Waals surface area contributed by atoms with E-state index in [-0.39, 0.29) is 17.8 Å². The van der Waals surface area contributed by atoms with Crippen LogP contribution in [-0.4, -0.2) is 29.8 Å². The minimum absolute atomic E-state index is 0.111. The van der Waals surface area contributed by atoms with E-state index in [9.17, 15) is 14.3 Å². The van der Waals surface area contributed by atoms with Crippen LogP contribution in [0.15, 0.2) is 54.6 Å². The summed E-state index contributed by atoms with van der Waals surface area (Å²) in [5.41, 5.74) is 2.61. The van der Waals surface area contributed by atoms with Crippen molar-refractivity contribution in [3.05, 3.63) is 77.2 Å². The number of pyridine rings is 1. The minimum atomic E-state index is -1.06. The van der Waals surface area contributed by atoms with E-state index >= 15 is 0 Å². The quantitative estimate of drug-likeness (QED) is 0.649. The molecule has 0 bridgehead atoms. The SMILES string of the molecule is CCOc1cc(OC)ccc1-c1ccc(C(=O)O)c(Cc2ccc(F)cc2)n1. The van der Waals surface area contributed by atoms with Crippen molar-refractivity contribution in [2.45, 2.75) is 13.3 Å². The van der Waals surface area contributed by atoms with Gasteiger partial charge >= 0.3 is 5.97 Å². The highest BCUT2D eigenvalue weighted by Gasteiger charge is 2.16. The molecule has 0 spiro atoms. The lowest BCUT2D eigenvalue weighted by Gasteiger charge is -2.13. The van der Waals surface area contributed by atoms with Crippen LogP contribution in [0.25, 0.3) is 11.3 Å². The molecule has 3 rings (SSSR count). The van der Waals surface area contributed by atoms with Crippen LogP contribution < -0.4 is 9.47 Å². The number of carboxylic acids is 1. The van der Waals surface area contributed by atoms with Gasteiger partial charge in [0.05, 0.1) is 30.7 Å². The highest BCUT2D eigenvalue weighted by atomic mass is 19.1. The summed E-state index contributed by atoms with van der Waals surface area (Å²) >= 11 is 0. The van der Waals surface area contributed by atoms with Crippen LogP contribution in [0.2, 0.25) is 0 Å². The third-order valence-electron chi connectivity index (χ3n) is 4.25. The smallest absolute Gasteiger partial charge is 0.337 e. The van der Waals surface area contributed by atoms with Crippen LogP contribution in [0.4, 0.5) is 4.39 Å². The summed E-state index contributed by atoms with van der Waals surface area (Å²) in [6.45, 7) is 2.35. The highest BCUT2D eigenvalue weighted by molar-refractivity contribution is 5.89. The number of carboxylic acid groups (broad SMARTS) is 1. The number of benzene rings is 2. The molecule has 0 saturated carbocycles. The maximum absolute atomic E-state index is 13.2. The molecule has 28 heavy (non-hydrogen) atoms. The Hall–Kier alpha value is -3.41. The fraction of sp³-hybridized carbons (Fsp3) is 0.182. The van der Waals surface area contributed by atoms with Gasteiger partial charge < -0.3 is 14.6 Å². The first-order chi connectivity index (χ1) is 13.5. The molecule has 0 aliphatic carbocycles. The maximum Gasteiger partial charge on any atom is 0.337 e. The summed E-state index contributed by atoms with van der Waals surface area (Å²) in [5.74, 6) is -0.148. The lowest BCUT2D eigenvalue weighted by atomic mass is 10.0. The van der Waals surface area contributed by atoms with Crippen molar-refractivity contribution in [3.8, 4) is 22.8 Å². The van der Waals surface area contributed by atoms with Crippen molar-refractivity contribution >= 4 is 5.97 Å². The van der Waals surface area contributed by atoms with Crippen molar-refractivity contribution in [2.75, 3.05) is 13.7 Å². The van der Waals surface area contributed by atoms with Crippen LogP contribution in [0.5, 0.6) is 11.5 Å². The molecule has 3 aromatic rings. The number of aromatic carboxylic acids is 1. The standard InChI is InChI=1S/C22H20FNO4/c1-3-28-21-13-16(27-2)8-9-17(21)19-11-10-18(22(25)26)20(24-19)12-14-4-6-15(23)7-5-14/h4-11,13H,3,12H2,1-2H3,(H,25,26). The first-order valence-electron chi connectivity index (χ1n) is 8.80. The Kier molecular flexibility index (Phi) is 5.89. The zero-order chi connectivity index (χ0) is 20.1. The van der Waals surface area contributed by atoms with Gasteiger partial charge in [-0.2, -0.15) is 0 Å². The van der Waals surface area contributed by atoms with Gasteiger partial charge in [0.15, 0.2) is 0 Å². The van der Waals surface area contributed by atoms with Crippen LogP contribution in [0.3, 0.4) is 0 Å². The fourth-order valence-corrected chi connectivity index (χ4v) is 2.89. The Labute approximate surface area is 162 Å². The predicted octanol–water partition coefficient (Wildman–Crippen LogP) is 4.58. The Balaban J connectivity index is 2.06. The van der Waals surface area contributed by atoms with E-state index in [0.717, 1.165) is 11.1 Å². The molecule has 0 fully saturated rings. The molecule has 1 heterocycles. The molecule has 0 aliphatic heterocycles. The first-order valence-corrected chi connectivity index (χ1v) is 8.80. The Morgan fingerprint density at radius 3 is 2.50 bits per heavy atom. The summed E-state index contributed by atoms with van der Waals surface area (Å²) in [7, 11) is 1.57. The van der Waals surface area contributed by atoms with E-state index in [4.69, 9.17) is 9.47 Å². The second kappa shape index (κ2) is 8.52. The van der Waals surface area contributed by atoms with E-state index in [1.54, 1.807) is 37.4 Å². The molecule has 0 unspecified atom stereocenters. The van der Waals surface area contributed by atoms with Gasteiger partial charge in [-0.3, -0.25) is 4.98 Å². The number of hydrogen-bond donors (Lipinski definition) is 1. The highest BCUT2D eigenvalue weighted by Crippen LogP contribution is 2.33. The van der Waals surface area contributed by atoms with Crippen molar-refractivity contribution < 1.29 is 23.8 Å². The third-order valence-corrected chi connectivity index (χ3v) is 4.25. The summed E-state index contributed by atoms with van der Waals surface area (Å²) in [5, 5.41) is 9.52. The topological polar surface area (TPSA) is 68.7 Å². The molecule has 144 valence electrons. The van der Waals surface area contributed by atoms with Crippen LogP contribution in [-0.2, 0) is 6.42 Å². The van der Waals surface area contributed by atoms with Gasteiger partial charge in [-0.1, -0.05) is 12.1 Å². The van der Waals surface area contributed by atoms with Crippen LogP contribution in [0.1, 0.15) is 28.5 Å². The molecular weight excluding hydrogens is 361 g/mol. The van der Waals surface area contributed by atoms with Crippen LogP contribution >= 0.6 is 0 Å².